The third-order valence-corrected chi connectivity index (χ3v) is 4.11. The largest absolute Gasteiger partial charge is 0.403 e. The van der Waals surface area contributed by atoms with Gasteiger partial charge in [0.2, 0.25) is 5.71 Å². The molecule has 112 valence electrons. The number of H-pyrrole nitrogens is 1. The van der Waals surface area contributed by atoms with Crippen molar-refractivity contribution in [1.29, 1.82) is 0 Å². The number of aromatic amines is 1. The van der Waals surface area contributed by atoms with Crippen LogP contribution in [0.5, 0.6) is 0 Å². The predicted octanol–water partition coefficient (Wildman–Crippen LogP) is 2.26. The van der Waals surface area contributed by atoms with Gasteiger partial charge in [-0.05, 0) is 24.3 Å². The lowest BCUT2D eigenvalue weighted by molar-refractivity contribution is 0.484. The van der Waals surface area contributed by atoms with Crippen LogP contribution in [-0.4, -0.2) is 17.1 Å². The highest BCUT2D eigenvalue weighted by molar-refractivity contribution is 7.94. The van der Waals surface area contributed by atoms with Crippen molar-refractivity contribution in [2.75, 3.05) is 7.11 Å². The molecule has 2 aromatic heterocycles. The molecular weight excluding hydrogens is 292 g/mol. The van der Waals surface area contributed by atoms with E-state index in [4.69, 9.17) is 8.60 Å². The maximum Gasteiger partial charge on any atom is 0.337 e. The molecule has 6 nitrogen and oxygen atoms in total. The predicted molar refractivity (Wildman–Crippen MR) is 79.4 cm³/mol. The van der Waals surface area contributed by atoms with Gasteiger partial charge in [0.05, 0.1) is 19.2 Å². The summed E-state index contributed by atoms with van der Waals surface area (Å²) in [5.41, 5.74) is 0.0111. The highest BCUT2D eigenvalue weighted by Crippen LogP contribution is 2.34. The van der Waals surface area contributed by atoms with E-state index in [1.807, 2.05) is 0 Å². The van der Waals surface area contributed by atoms with Gasteiger partial charge in [0.1, 0.15) is 5.39 Å². The molecule has 2 aromatic rings. The lowest BCUT2D eigenvalue weighted by Gasteiger charge is -2.05. The number of fused-ring (bicyclic) bond motifs is 1. The Morgan fingerprint density at radius 1 is 1.48 bits per heavy atom. The van der Waals surface area contributed by atoms with Crippen molar-refractivity contribution in [2.24, 2.45) is 5.92 Å². The second-order valence-corrected chi connectivity index (χ2v) is 6.11. The Morgan fingerprint density at radius 3 is 3.00 bits per heavy atom. The summed E-state index contributed by atoms with van der Waals surface area (Å²) in [6.45, 7) is 0. The van der Waals surface area contributed by atoms with Crippen LogP contribution < -0.4 is 11.2 Å². The summed E-state index contributed by atoms with van der Waals surface area (Å²) in [5.74, 6) is 0.831. The van der Waals surface area contributed by atoms with Crippen LogP contribution >= 0.6 is 12.0 Å². The molecular formula is C14H16N2O4S. The van der Waals surface area contributed by atoms with Crippen molar-refractivity contribution in [2.45, 2.75) is 37.3 Å². The van der Waals surface area contributed by atoms with E-state index in [2.05, 4.69) is 9.97 Å². The van der Waals surface area contributed by atoms with Crippen molar-refractivity contribution in [3.63, 3.8) is 0 Å². The average Bonchev–Trinajstić information content (AvgIpc) is 3.22. The van der Waals surface area contributed by atoms with Gasteiger partial charge in [-0.25, -0.2) is 4.79 Å². The van der Waals surface area contributed by atoms with Gasteiger partial charge in [0.15, 0.2) is 5.16 Å². The summed E-state index contributed by atoms with van der Waals surface area (Å²) < 4.78 is 9.91. The Hall–Kier alpha value is -1.60. The van der Waals surface area contributed by atoms with Gasteiger partial charge in [0, 0.05) is 6.07 Å². The monoisotopic (exact) mass is 308 g/mol. The minimum atomic E-state index is -0.476. The fourth-order valence-electron chi connectivity index (χ4n) is 2.43. The van der Waals surface area contributed by atoms with Crippen LogP contribution in [0.2, 0.25) is 0 Å². The molecule has 21 heavy (non-hydrogen) atoms. The van der Waals surface area contributed by atoms with Crippen LogP contribution in [0.1, 0.15) is 31.2 Å². The molecule has 1 saturated carbocycles. The molecule has 0 radical (unpaired) electrons. The molecule has 0 bridgehead atoms. The van der Waals surface area contributed by atoms with E-state index in [1.54, 1.807) is 0 Å². The molecule has 1 aliphatic carbocycles. The third-order valence-electron chi connectivity index (χ3n) is 3.59. The van der Waals surface area contributed by atoms with Gasteiger partial charge in [0.25, 0.3) is 5.56 Å². The maximum atomic E-state index is 12.2. The number of aryl methyl sites for hydroxylation is 1. The Labute approximate surface area is 125 Å². The quantitative estimate of drug-likeness (QED) is 0.651. The van der Waals surface area contributed by atoms with Gasteiger partial charge in [-0.3, -0.25) is 9.78 Å². The molecule has 1 fully saturated rings. The Kier molecular flexibility index (Phi) is 4.12. The second-order valence-electron chi connectivity index (χ2n) is 5.23. The first-order valence-electron chi connectivity index (χ1n) is 6.95. The summed E-state index contributed by atoms with van der Waals surface area (Å²) in [6, 6.07) is 1.40. The van der Waals surface area contributed by atoms with Gasteiger partial charge < -0.3 is 8.60 Å². The summed E-state index contributed by atoms with van der Waals surface area (Å²) in [4.78, 5) is 30.6. The van der Waals surface area contributed by atoms with Crippen molar-refractivity contribution in [3.05, 3.63) is 32.4 Å². The third kappa shape index (κ3) is 3.36. The van der Waals surface area contributed by atoms with Crippen LogP contribution in [0.3, 0.4) is 0 Å². The fourth-order valence-corrected chi connectivity index (χ4v) is 2.84. The molecule has 0 amide bonds. The van der Waals surface area contributed by atoms with Crippen LogP contribution in [0, 0.1) is 5.92 Å². The van der Waals surface area contributed by atoms with Crippen molar-refractivity contribution < 1.29 is 8.60 Å². The van der Waals surface area contributed by atoms with E-state index < -0.39 is 5.63 Å². The topological polar surface area (TPSA) is 85.2 Å². The van der Waals surface area contributed by atoms with Crippen molar-refractivity contribution in [3.8, 4) is 0 Å². The molecule has 1 N–H and O–H groups in total. The Morgan fingerprint density at radius 2 is 2.29 bits per heavy atom. The number of hydrogen-bond acceptors (Lipinski definition) is 6. The smallest absolute Gasteiger partial charge is 0.337 e. The minimum absolute atomic E-state index is 0.0761. The number of nitrogens with one attached hydrogen (secondary N) is 1. The van der Waals surface area contributed by atoms with Gasteiger partial charge in [-0.2, -0.15) is 4.98 Å². The first kappa shape index (κ1) is 14.3. The number of rotatable bonds is 6. The highest BCUT2D eigenvalue weighted by atomic mass is 32.2. The fraction of sp³-hybridized carbons (Fsp3) is 0.500. The lowest BCUT2D eigenvalue weighted by atomic mass is 10.1. The molecule has 0 atom stereocenters. The first-order valence-corrected chi connectivity index (χ1v) is 7.69. The minimum Gasteiger partial charge on any atom is -0.403 e. The summed E-state index contributed by atoms with van der Waals surface area (Å²) in [6.07, 6.45) is 5.41. The number of hydrogen-bond donors (Lipinski definition) is 1. The molecule has 0 spiro atoms. The molecule has 2 heterocycles. The number of nitrogens with zero attached hydrogens (tertiary/aromatic N) is 1. The Balaban J connectivity index is 1.97. The summed E-state index contributed by atoms with van der Waals surface area (Å²) >= 11 is 0.917. The number of aromatic nitrogens is 2. The molecule has 3 rings (SSSR count). The zero-order valence-corrected chi connectivity index (χ0v) is 12.5. The lowest BCUT2D eigenvalue weighted by Crippen LogP contribution is -2.14. The molecule has 7 heteroatoms. The van der Waals surface area contributed by atoms with Gasteiger partial charge in [-0.1, -0.05) is 19.3 Å². The van der Waals surface area contributed by atoms with Crippen LogP contribution in [-0.2, 0) is 10.6 Å². The van der Waals surface area contributed by atoms with Crippen LogP contribution in [0.15, 0.2) is 25.2 Å². The standard InChI is InChI=1S/C14H16N2O4S/c1-19-21-14-15-12(18)11-9(4-2-3-8-5-6-8)7-10(17)20-13(11)16-14/h7-8H,2-6H2,1H3,(H,15,16,18). The maximum absolute atomic E-state index is 12.2. The van der Waals surface area contributed by atoms with Crippen LogP contribution in [0.25, 0.3) is 11.1 Å². The van der Waals surface area contributed by atoms with Crippen LogP contribution in [0.4, 0.5) is 0 Å². The SMILES string of the molecule is COSc1nc2oc(=O)cc(CCCC3CC3)c2c(=O)[nH]1. The first-order chi connectivity index (χ1) is 10.2. The van der Waals surface area contributed by atoms with E-state index >= 15 is 0 Å². The second kappa shape index (κ2) is 6.03. The molecule has 0 aliphatic heterocycles. The molecule has 0 aromatic carbocycles. The summed E-state index contributed by atoms with van der Waals surface area (Å²) in [7, 11) is 1.47. The zero-order valence-electron chi connectivity index (χ0n) is 11.7. The van der Waals surface area contributed by atoms with Crippen molar-refractivity contribution in [1.82, 2.24) is 9.97 Å². The van der Waals surface area contributed by atoms with E-state index in [9.17, 15) is 9.59 Å². The van der Waals surface area contributed by atoms with E-state index in [0.717, 1.165) is 30.8 Å². The van der Waals surface area contributed by atoms with Crippen molar-refractivity contribution >= 4 is 23.1 Å². The average molecular weight is 308 g/mol. The zero-order chi connectivity index (χ0) is 14.8. The summed E-state index contributed by atoms with van der Waals surface area (Å²) in [5, 5.41) is 0.638. The normalized spacial score (nSPS) is 14.7. The van der Waals surface area contributed by atoms with Gasteiger partial charge in [-0.15, -0.1) is 0 Å². The van der Waals surface area contributed by atoms with Gasteiger partial charge >= 0.3 is 5.63 Å². The highest BCUT2D eigenvalue weighted by Gasteiger charge is 2.21. The Bertz CT molecular complexity index is 764. The van der Waals surface area contributed by atoms with E-state index in [0.29, 0.717) is 17.4 Å². The van der Waals surface area contributed by atoms with E-state index in [-0.39, 0.29) is 16.4 Å². The molecule has 0 saturated heterocycles. The van der Waals surface area contributed by atoms with E-state index in [1.165, 1.54) is 26.0 Å². The molecule has 0 unspecified atom stereocenters. The molecule has 1 aliphatic rings.